The average Bonchev–Trinajstić information content (AvgIpc) is 3.37. The van der Waals surface area contributed by atoms with Gasteiger partial charge in [0, 0.05) is 18.1 Å². The van der Waals surface area contributed by atoms with Crippen molar-refractivity contribution in [2.24, 2.45) is 0 Å². The molecule has 0 radical (unpaired) electrons. The van der Waals surface area contributed by atoms with Crippen LogP contribution in [-0.2, 0) is 4.79 Å². The summed E-state index contributed by atoms with van der Waals surface area (Å²) < 4.78 is 5.13. The summed E-state index contributed by atoms with van der Waals surface area (Å²) in [5.74, 6) is 0.189. The minimum absolute atomic E-state index is 0.0222. The number of rotatable bonds is 5. The quantitative estimate of drug-likeness (QED) is 0.606. The molecule has 3 amide bonds. The lowest BCUT2D eigenvalue weighted by atomic mass is 9.97. The number of aryl methyl sites for hydroxylation is 2. The molecule has 2 aromatic carbocycles. The zero-order valence-corrected chi connectivity index (χ0v) is 20.0. The maximum Gasteiger partial charge on any atom is 0.340 e. The van der Waals surface area contributed by atoms with Crippen LogP contribution in [0.5, 0.6) is 5.75 Å². The Morgan fingerprint density at radius 3 is 2.71 bits per heavy atom. The van der Waals surface area contributed by atoms with E-state index in [2.05, 4.69) is 48.2 Å². The third-order valence-corrected chi connectivity index (χ3v) is 6.90. The van der Waals surface area contributed by atoms with Crippen molar-refractivity contribution in [3.8, 4) is 5.75 Å². The van der Waals surface area contributed by atoms with Gasteiger partial charge in [-0.2, -0.15) is 0 Å². The number of halogens is 1. The number of hydrazine groups is 2. The largest absolute Gasteiger partial charge is 0.495 e. The number of fused-ring (bicyclic) bond motifs is 3. The SMILES string of the molecule is COc1ccc(NC(=O)CN2NC3C4CC(c5ccc(C)c(C)c5)NN4C=CN3C2=O)cc1Cl. The number of hydrogen-bond donors (Lipinski definition) is 3. The van der Waals surface area contributed by atoms with Crippen LogP contribution in [0.3, 0.4) is 0 Å². The summed E-state index contributed by atoms with van der Waals surface area (Å²) in [6.45, 7) is 4.08. The highest BCUT2D eigenvalue weighted by atomic mass is 35.5. The van der Waals surface area contributed by atoms with E-state index in [9.17, 15) is 9.59 Å². The molecule has 0 saturated carbocycles. The maximum absolute atomic E-state index is 13.0. The third-order valence-electron chi connectivity index (χ3n) is 6.60. The lowest BCUT2D eigenvalue weighted by Crippen LogP contribution is -2.54. The molecule has 10 heteroatoms. The van der Waals surface area contributed by atoms with E-state index in [1.165, 1.54) is 28.8 Å². The highest BCUT2D eigenvalue weighted by molar-refractivity contribution is 6.32. The Bertz CT molecular complexity index is 1170. The molecule has 3 aliphatic heterocycles. The Hall–Kier alpha value is -3.27. The van der Waals surface area contributed by atoms with Gasteiger partial charge in [-0.05, 0) is 55.2 Å². The summed E-state index contributed by atoms with van der Waals surface area (Å²) in [7, 11) is 1.53. The number of urea groups is 1. The van der Waals surface area contributed by atoms with Crippen LogP contribution in [0.2, 0.25) is 5.02 Å². The van der Waals surface area contributed by atoms with Crippen LogP contribution in [-0.4, -0.2) is 52.7 Å². The number of nitrogens with zero attached hydrogens (tertiary/aromatic N) is 3. The monoisotopic (exact) mass is 482 g/mol. The van der Waals surface area contributed by atoms with Crippen LogP contribution < -0.4 is 20.9 Å². The molecule has 2 aromatic rings. The molecule has 0 aliphatic carbocycles. The summed E-state index contributed by atoms with van der Waals surface area (Å²) in [4.78, 5) is 27.2. The molecule has 0 bridgehead atoms. The van der Waals surface area contributed by atoms with E-state index in [4.69, 9.17) is 16.3 Å². The maximum atomic E-state index is 13.0. The zero-order valence-electron chi connectivity index (χ0n) is 19.2. The number of amides is 3. The molecule has 9 nitrogen and oxygen atoms in total. The van der Waals surface area contributed by atoms with Crippen molar-refractivity contribution in [2.75, 3.05) is 19.0 Å². The van der Waals surface area contributed by atoms with Crippen LogP contribution in [0.15, 0.2) is 48.8 Å². The molecule has 178 valence electrons. The van der Waals surface area contributed by atoms with Crippen molar-refractivity contribution >= 4 is 29.2 Å². The number of carbonyl (C=O) groups is 2. The molecular formula is C24H27ClN6O3. The molecule has 34 heavy (non-hydrogen) atoms. The van der Waals surface area contributed by atoms with Crippen molar-refractivity contribution in [2.45, 2.75) is 38.5 Å². The Kier molecular flexibility index (Phi) is 5.85. The van der Waals surface area contributed by atoms with Crippen molar-refractivity contribution < 1.29 is 14.3 Å². The van der Waals surface area contributed by atoms with Gasteiger partial charge in [-0.25, -0.2) is 20.7 Å². The van der Waals surface area contributed by atoms with E-state index in [0.717, 1.165) is 6.42 Å². The molecule has 3 unspecified atom stereocenters. The first kappa shape index (κ1) is 22.5. The van der Waals surface area contributed by atoms with Gasteiger partial charge in [0.05, 0.1) is 24.2 Å². The first-order valence-corrected chi connectivity index (χ1v) is 11.5. The molecule has 0 aromatic heterocycles. The molecule has 5 rings (SSSR count). The van der Waals surface area contributed by atoms with Crippen LogP contribution in [0.4, 0.5) is 10.5 Å². The fourth-order valence-corrected chi connectivity index (χ4v) is 4.88. The van der Waals surface area contributed by atoms with Crippen LogP contribution >= 0.6 is 11.6 Å². The number of methoxy groups -OCH3 is 1. The van der Waals surface area contributed by atoms with E-state index < -0.39 is 0 Å². The molecule has 2 fully saturated rings. The second-order valence-electron chi connectivity index (χ2n) is 8.78. The second-order valence-corrected chi connectivity index (χ2v) is 9.19. The lowest BCUT2D eigenvalue weighted by Gasteiger charge is -2.34. The number of carbonyl (C=O) groups excluding carboxylic acids is 2. The first-order valence-electron chi connectivity index (χ1n) is 11.1. The smallest absolute Gasteiger partial charge is 0.340 e. The Morgan fingerprint density at radius 1 is 1.15 bits per heavy atom. The van der Waals surface area contributed by atoms with Gasteiger partial charge in [0.15, 0.2) is 0 Å². The molecule has 3 aliphatic rings. The Morgan fingerprint density at radius 2 is 1.97 bits per heavy atom. The third kappa shape index (κ3) is 4.06. The van der Waals surface area contributed by atoms with Gasteiger partial charge in [-0.15, -0.1) is 0 Å². The highest BCUT2D eigenvalue weighted by Crippen LogP contribution is 2.35. The molecule has 2 saturated heterocycles. The summed E-state index contributed by atoms with van der Waals surface area (Å²) in [5, 5.41) is 6.56. The molecule has 3 atom stereocenters. The van der Waals surface area contributed by atoms with E-state index in [0.29, 0.717) is 16.5 Å². The Labute approximate surface area is 203 Å². The number of benzene rings is 2. The first-order chi connectivity index (χ1) is 16.3. The number of ether oxygens (including phenoxy) is 1. The van der Waals surface area contributed by atoms with Crippen molar-refractivity contribution in [1.82, 2.24) is 25.8 Å². The van der Waals surface area contributed by atoms with Crippen LogP contribution in [0, 0.1) is 13.8 Å². The number of nitrogens with one attached hydrogen (secondary N) is 3. The van der Waals surface area contributed by atoms with Crippen molar-refractivity contribution in [3.63, 3.8) is 0 Å². The molecule has 3 N–H and O–H groups in total. The minimum atomic E-state index is -0.333. The Balaban J connectivity index is 1.24. The second kappa shape index (κ2) is 8.83. The van der Waals surface area contributed by atoms with Gasteiger partial charge >= 0.3 is 6.03 Å². The van der Waals surface area contributed by atoms with Crippen LogP contribution in [0.25, 0.3) is 0 Å². The van der Waals surface area contributed by atoms with Gasteiger partial charge in [0.25, 0.3) is 0 Å². The topological polar surface area (TPSA) is 89.2 Å². The van der Waals surface area contributed by atoms with E-state index >= 15 is 0 Å². The summed E-state index contributed by atoms with van der Waals surface area (Å²) >= 11 is 6.14. The van der Waals surface area contributed by atoms with Gasteiger partial charge in [-0.1, -0.05) is 29.8 Å². The molecular weight excluding hydrogens is 456 g/mol. The molecule has 3 heterocycles. The van der Waals surface area contributed by atoms with E-state index in [1.54, 1.807) is 29.3 Å². The highest BCUT2D eigenvalue weighted by Gasteiger charge is 2.48. The lowest BCUT2D eigenvalue weighted by molar-refractivity contribution is -0.117. The minimum Gasteiger partial charge on any atom is -0.495 e. The van der Waals surface area contributed by atoms with Crippen molar-refractivity contribution in [3.05, 3.63) is 70.5 Å². The van der Waals surface area contributed by atoms with Gasteiger partial charge in [-0.3, -0.25) is 9.69 Å². The zero-order chi connectivity index (χ0) is 24.0. The molecule has 0 spiro atoms. The van der Waals surface area contributed by atoms with Gasteiger partial charge < -0.3 is 15.1 Å². The summed E-state index contributed by atoms with van der Waals surface area (Å²) in [6.07, 6.45) is 4.17. The predicted octanol–water partition coefficient (Wildman–Crippen LogP) is 3.28. The normalized spacial score (nSPS) is 23.2. The van der Waals surface area contributed by atoms with Crippen LogP contribution in [0.1, 0.15) is 29.2 Å². The predicted molar refractivity (Wildman–Crippen MR) is 129 cm³/mol. The number of anilines is 1. The standard InChI is InChI=1S/C24H27ClN6O3/c1-14-4-5-16(10-15(14)2)19-12-20-23-28-31(24(33)29(23)8-9-30(20)27-19)13-22(32)26-17-6-7-21(34-3)18(25)11-17/h4-11,19-20,23,27-28H,12-13H2,1-3H3,(H,26,32). The fraction of sp³-hybridized carbons (Fsp3) is 0.333. The fourth-order valence-electron chi connectivity index (χ4n) is 4.62. The van der Waals surface area contributed by atoms with Gasteiger partial charge in [0.1, 0.15) is 18.5 Å². The summed E-state index contributed by atoms with van der Waals surface area (Å²) in [6, 6.07) is 11.4. The number of hydrogen-bond acceptors (Lipinski definition) is 6. The van der Waals surface area contributed by atoms with E-state index in [-0.39, 0.29) is 36.7 Å². The van der Waals surface area contributed by atoms with Crippen molar-refractivity contribution in [1.29, 1.82) is 0 Å². The van der Waals surface area contributed by atoms with E-state index in [1.807, 2.05) is 11.2 Å². The van der Waals surface area contributed by atoms with Gasteiger partial charge in [0.2, 0.25) is 5.91 Å². The summed E-state index contributed by atoms with van der Waals surface area (Å²) in [5.41, 5.74) is 11.0. The average molecular weight is 483 g/mol.